The zero-order chi connectivity index (χ0) is 14.8. The fourth-order valence-corrected chi connectivity index (χ4v) is 2.47. The van der Waals surface area contributed by atoms with Crippen LogP contribution in [0.2, 0.25) is 0 Å². The van der Waals surface area contributed by atoms with Crippen molar-refractivity contribution in [3.05, 3.63) is 0 Å². The van der Waals surface area contributed by atoms with Gasteiger partial charge in [-0.1, -0.05) is 0 Å². The second kappa shape index (κ2) is 10.1. The number of hydrogen-bond acceptors (Lipinski definition) is 6. The second-order valence-electron chi connectivity index (χ2n) is 5.25. The van der Waals surface area contributed by atoms with Crippen LogP contribution in [0.25, 0.3) is 0 Å². The van der Waals surface area contributed by atoms with Crippen LogP contribution in [0, 0.1) is 0 Å². The Hall–Kier alpha value is -0.730. The van der Waals surface area contributed by atoms with E-state index in [-0.39, 0.29) is 6.42 Å². The van der Waals surface area contributed by atoms with Crippen LogP contribution in [0.5, 0.6) is 0 Å². The first-order valence-corrected chi connectivity index (χ1v) is 7.44. The molecule has 0 radical (unpaired) electrons. The molecule has 1 rings (SSSR count). The fourth-order valence-electron chi connectivity index (χ4n) is 2.47. The summed E-state index contributed by atoms with van der Waals surface area (Å²) in [5.41, 5.74) is 11.1. The predicted octanol–water partition coefficient (Wildman–Crippen LogP) is -1.70. The lowest BCUT2D eigenvalue weighted by Gasteiger charge is -2.35. The van der Waals surface area contributed by atoms with Gasteiger partial charge in [-0.3, -0.25) is 14.6 Å². The van der Waals surface area contributed by atoms with Crippen molar-refractivity contribution >= 4 is 5.97 Å². The Morgan fingerprint density at radius 2 is 1.55 bits per heavy atom. The van der Waals surface area contributed by atoms with Crippen LogP contribution in [0.3, 0.4) is 0 Å². The maximum Gasteiger partial charge on any atom is 0.304 e. The molecule has 20 heavy (non-hydrogen) atoms. The number of nitrogens with two attached hydrogens (primary N) is 2. The third kappa shape index (κ3) is 7.16. The van der Waals surface area contributed by atoms with E-state index in [0.717, 1.165) is 58.9 Å². The van der Waals surface area contributed by atoms with E-state index in [1.807, 2.05) is 0 Å². The standard InChI is InChI=1S/C13H29N5O2/c14-2-5-16(4-1-13(19)20)7-10-18-11-8-17(6-3-15)9-12-18/h1-12,14-15H2,(H,19,20). The summed E-state index contributed by atoms with van der Waals surface area (Å²) in [6.45, 7) is 9.77. The molecule has 0 spiro atoms. The SMILES string of the molecule is NCCN(CCC(=O)O)CCN1CCN(CCN)CC1. The van der Waals surface area contributed by atoms with Gasteiger partial charge in [-0.15, -0.1) is 0 Å². The van der Waals surface area contributed by atoms with E-state index in [1.165, 1.54) is 0 Å². The summed E-state index contributed by atoms with van der Waals surface area (Å²) in [7, 11) is 0. The third-order valence-corrected chi connectivity index (χ3v) is 3.73. The average molecular weight is 287 g/mol. The number of aliphatic carboxylic acids is 1. The minimum Gasteiger partial charge on any atom is -0.481 e. The number of rotatable bonds is 10. The zero-order valence-corrected chi connectivity index (χ0v) is 12.3. The molecule has 7 heteroatoms. The molecule has 7 nitrogen and oxygen atoms in total. The van der Waals surface area contributed by atoms with Crippen molar-refractivity contribution in [3.63, 3.8) is 0 Å². The van der Waals surface area contributed by atoms with Gasteiger partial charge in [-0.2, -0.15) is 0 Å². The fraction of sp³-hybridized carbons (Fsp3) is 0.923. The Balaban J connectivity index is 2.20. The van der Waals surface area contributed by atoms with E-state index in [2.05, 4.69) is 14.7 Å². The lowest BCUT2D eigenvalue weighted by molar-refractivity contribution is -0.137. The molecule has 1 aliphatic heterocycles. The molecule has 1 aliphatic rings. The molecule has 0 amide bonds. The highest BCUT2D eigenvalue weighted by atomic mass is 16.4. The maximum absolute atomic E-state index is 10.6. The van der Waals surface area contributed by atoms with Crippen LogP contribution in [0.4, 0.5) is 0 Å². The topological polar surface area (TPSA) is 99.1 Å². The molecule has 5 N–H and O–H groups in total. The number of carboxylic acid groups (broad SMARTS) is 1. The highest BCUT2D eigenvalue weighted by molar-refractivity contribution is 5.66. The number of carbonyl (C=O) groups is 1. The summed E-state index contributed by atoms with van der Waals surface area (Å²) in [5.74, 6) is -0.748. The van der Waals surface area contributed by atoms with Crippen LogP contribution in [0.15, 0.2) is 0 Å². The second-order valence-corrected chi connectivity index (χ2v) is 5.25. The molecule has 1 heterocycles. The molecule has 1 fully saturated rings. The van der Waals surface area contributed by atoms with Gasteiger partial charge in [0.1, 0.15) is 0 Å². The highest BCUT2D eigenvalue weighted by Crippen LogP contribution is 2.01. The molecule has 118 valence electrons. The molecule has 0 aromatic rings. The number of hydrogen-bond donors (Lipinski definition) is 3. The van der Waals surface area contributed by atoms with Crippen molar-refractivity contribution in [1.82, 2.24) is 14.7 Å². The van der Waals surface area contributed by atoms with E-state index >= 15 is 0 Å². The van der Waals surface area contributed by atoms with Crippen molar-refractivity contribution in [2.45, 2.75) is 6.42 Å². The molecular weight excluding hydrogens is 258 g/mol. The van der Waals surface area contributed by atoms with Gasteiger partial charge < -0.3 is 21.5 Å². The monoisotopic (exact) mass is 287 g/mol. The summed E-state index contributed by atoms with van der Waals surface area (Å²) < 4.78 is 0. The molecule has 0 aromatic heterocycles. The molecule has 1 saturated heterocycles. The first-order valence-electron chi connectivity index (χ1n) is 7.44. The van der Waals surface area contributed by atoms with Gasteiger partial charge in [0.2, 0.25) is 0 Å². The third-order valence-electron chi connectivity index (χ3n) is 3.73. The van der Waals surface area contributed by atoms with Crippen molar-refractivity contribution in [3.8, 4) is 0 Å². The van der Waals surface area contributed by atoms with Crippen LogP contribution >= 0.6 is 0 Å². The van der Waals surface area contributed by atoms with Gasteiger partial charge in [0.05, 0.1) is 6.42 Å². The van der Waals surface area contributed by atoms with Crippen LogP contribution in [-0.2, 0) is 4.79 Å². The first kappa shape index (κ1) is 17.3. The van der Waals surface area contributed by atoms with Gasteiger partial charge in [0.15, 0.2) is 0 Å². The van der Waals surface area contributed by atoms with E-state index in [4.69, 9.17) is 16.6 Å². The Bertz CT molecular complexity index is 269. The van der Waals surface area contributed by atoms with Crippen LogP contribution in [0.1, 0.15) is 6.42 Å². The molecular formula is C13H29N5O2. The van der Waals surface area contributed by atoms with Crippen LogP contribution < -0.4 is 11.5 Å². The van der Waals surface area contributed by atoms with Gasteiger partial charge in [0, 0.05) is 72.0 Å². The van der Waals surface area contributed by atoms with E-state index in [9.17, 15) is 4.79 Å². The van der Waals surface area contributed by atoms with Crippen molar-refractivity contribution < 1.29 is 9.90 Å². The summed E-state index contributed by atoms with van der Waals surface area (Å²) >= 11 is 0. The van der Waals surface area contributed by atoms with Crippen LogP contribution in [-0.4, -0.2) is 97.8 Å². The zero-order valence-electron chi connectivity index (χ0n) is 12.3. The van der Waals surface area contributed by atoms with Gasteiger partial charge >= 0.3 is 5.97 Å². The first-order chi connectivity index (χ1) is 9.65. The van der Waals surface area contributed by atoms with E-state index < -0.39 is 5.97 Å². The lowest BCUT2D eigenvalue weighted by Crippen LogP contribution is -2.49. The summed E-state index contributed by atoms with van der Waals surface area (Å²) in [6.07, 6.45) is 0.185. The van der Waals surface area contributed by atoms with Crippen molar-refractivity contribution in [2.75, 3.05) is 72.0 Å². The lowest BCUT2D eigenvalue weighted by atomic mass is 10.3. The van der Waals surface area contributed by atoms with Gasteiger partial charge in [0.25, 0.3) is 0 Å². The number of nitrogens with zero attached hydrogens (tertiary/aromatic N) is 3. The normalized spacial score (nSPS) is 17.8. The quantitative estimate of drug-likeness (QED) is 0.440. The Morgan fingerprint density at radius 1 is 0.950 bits per heavy atom. The highest BCUT2D eigenvalue weighted by Gasteiger charge is 2.16. The van der Waals surface area contributed by atoms with Gasteiger partial charge in [-0.25, -0.2) is 0 Å². The molecule has 0 bridgehead atoms. The molecule has 0 saturated carbocycles. The molecule has 0 aromatic carbocycles. The Kier molecular flexibility index (Phi) is 8.72. The van der Waals surface area contributed by atoms with E-state index in [0.29, 0.717) is 13.1 Å². The molecule has 0 aliphatic carbocycles. The Morgan fingerprint density at radius 3 is 2.05 bits per heavy atom. The summed E-state index contributed by atoms with van der Waals surface area (Å²) in [6, 6.07) is 0. The smallest absolute Gasteiger partial charge is 0.304 e. The van der Waals surface area contributed by atoms with Crippen molar-refractivity contribution in [2.24, 2.45) is 11.5 Å². The summed E-state index contributed by atoms with van der Waals surface area (Å²) in [5, 5.41) is 8.74. The molecule has 0 unspecified atom stereocenters. The molecule has 0 atom stereocenters. The largest absolute Gasteiger partial charge is 0.481 e. The predicted molar refractivity (Wildman–Crippen MR) is 79.7 cm³/mol. The average Bonchev–Trinajstić information content (AvgIpc) is 2.44. The van der Waals surface area contributed by atoms with Crippen molar-refractivity contribution in [1.29, 1.82) is 0 Å². The maximum atomic E-state index is 10.6. The number of piperazine rings is 1. The van der Waals surface area contributed by atoms with E-state index in [1.54, 1.807) is 0 Å². The summed E-state index contributed by atoms with van der Waals surface area (Å²) in [4.78, 5) is 17.6. The number of carboxylic acids is 1. The minimum atomic E-state index is -0.748. The Labute approximate surface area is 121 Å². The van der Waals surface area contributed by atoms with Gasteiger partial charge in [-0.05, 0) is 0 Å². The minimum absolute atomic E-state index is 0.185.